The highest BCUT2D eigenvalue weighted by molar-refractivity contribution is 9.10. The Kier molecular flexibility index (Phi) is 4.49. The van der Waals surface area contributed by atoms with Crippen molar-refractivity contribution in [3.05, 3.63) is 58.6 Å². The van der Waals surface area contributed by atoms with Crippen LogP contribution in [0.4, 0.5) is 0 Å². The predicted molar refractivity (Wildman–Crippen MR) is 94.2 cm³/mol. The van der Waals surface area contributed by atoms with Crippen molar-refractivity contribution >= 4 is 32.7 Å². The average Bonchev–Trinajstić information content (AvgIpc) is 2.85. The van der Waals surface area contributed by atoms with Gasteiger partial charge in [0.2, 0.25) is 11.8 Å². The third kappa shape index (κ3) is 2.85. The van der Waals surface area contributed by atoms with Crippen molar-refractivity contribution in [3.8, 4) is 11.8 Å². The lowest BCUT2D eigenvalue weighted by Crippen LogP contribution is -2.19. The van der Waals surface area contributed by atoms with Crippen LogP contribution in [0.3, 0.4) is 0 Å². The van der Waals surface area contributed by atoms with Crippen molar-refractivity contribution in [1.29, 1.82) is 0 Å². The molecule has 0 bridgehead atoms. The number of carbonyl (C=O) groups excluding carboxylic acids is 1. The monoisotopic (exact) mass is 389 g/mol. The lowest BCUT2D eigenvalue weighted by molar-refractivity contribution is -0.142. The molecule has 6 heteroatoms. The Hall–Kier alpha value is -2.47. The number of fused-ring (bicyclic) bond motifs is 1. The molecule has 2 aromatic carbocycles. The molecular formula is C18H16BrNO4. The van der Waals surface area contributed by atoms with Crippen molar-refractivity contribution in [2.24, 2.45) is 0 Å². The topological polar surface area (TPSA) is 71.7 Å². The van der Waals surface area contributed by atoms with Gasteiger partial charge in [-0.2, -0.15) is 0 Å². The maximum absolute atomic E-state index is 12.2. The Morgan fingerprint density at radius 3 is 2.12 bits per heavy atom. The summed E-state index contributed by atoms with van der Waals surface area (Å²) in [6.07, 6.45) is 0. The van der Waals surface area contributed by atoms with E-state index in [4.69, 9.17) is 4.74 Å². The van der Waals surface area contributed by atoms with E-state index in [1.165, 1.54) is 11.7 Å². The molecule has 1 heterocycles. The van der Waals surface area contributed by atoms with Crippen molar-refractivity contribution in [1.82, 2.24) is 4.57 Å². The van der Waals surface area contributed by atoms with Crippen LogP contribution in [0.1, 0.15) is 11.5 Å². The number of hydrogen-bond acceptors (Lipinski definition) is 4. The molecule has 24 heavy (non-hydrogen) atoms. The van der Waals surface area contributed by atoms with Crippen LogP contribution in [0, 0.1) is 0 Å². The Bertz CT molecular complexity index is 847. The van der Waals surface area contributed by atoms with Gasteiger partial charge in [0, 0.05) is 21.8 Å². The van der Waals surface area contributed by atoms with Crippen molar-refractivity contribution in [3.63, 3.8) is 0 Å². The van der Waals surface area contributed by atoms with E-state index in [-0.39, 0.29) is 18.3 Å². The van der Waals surface area contributed by atoms with Gasteiger partial charge >= 0.3 is 5.97 Å². The quantitative estimate of drug-likeness (QED) is 0.666. The van der Waals surface area contributed by atoms with Crippen LogP contribution >= 0.6 is 15.9 Å². The number of rotatable bonds is 4. The fourth-order valence-electron chi connectivity index (χ4n) is 2.77. The first kappa shape index (κ1) is 16.4. The number of esters is 1. The Labute approximate surface area is 147 Å². The first-order valence-electron chi connectivity index (χ1n) is 7.35. The molecule has 1 aromatic heterocycles. The highest BCUT2D eigenvalue weighted by atomic mass is 79.9. The SMILES string of the molecule is COC(=O)C(Cn1c(O)c2ccccc2c1O)c1ccc(Br)cc1. The van der Waals surface area contributed by atoms with Crippen LogP contribution in [-0.4, -0.2) is 27.9 Å². The molecule has 0 saturated carbocycles. The van der Waals surface area contributed by atoms with Gasteiger partial charge in [-0.1, -0.05) is 40.2 Å². The molecule has 0 aliphatic heterocycles. The second-order valence-corrected chi connectivity index (χ2v) is 6.35. The minimum absolute atomic E-state index is 0.0701. The van der Waals surface area contributed by atoms with Crippen molar-refractivity contribution < 1.29 is 19.7 Å². The van der Waals surface area contributed by atoms with E-state index in [0.29, 0.717) is 10.8 Å². The van der Waals surface area contributed by atoms with Crippen LogP contribution < -0.4 is 0 Å². The largest absolute Gasteiger partial charge is 0.494 e. The number of hydrogen-bond donors (Lipinski definition) is 2. The van der Waals surface area contributed by atoms with E-state index in [9.17, 15) is 15.0 Å². The highest BCUT2D eigenvalue weighted by Crippen LogP contribution is 2.37. The summed E-state index contributed by atoms with van der Waals surface area (Å²) in [6, 6.07) is 14.3. The van der Waals surface area contributed by atoms with Gasteiger partial charge in [-0.05, 0) is 29.8 Å². The molecule has 5 nitrogen and oxygen atoms in total. The fourth-order valence-corrected chi connectivity index (χ4v) is 3.04. The molecule has 1 unspecified atom stereocenters. The molecular weight excluding hydrogens is 374 g/mol. The minimum Gasteiger partial charge on any atom is -0.494 e. The maximum atomic E-state index is 12.2. The normalized spacial score (nSPS) is 12.2. The molecule has 2 N–H and O–H groups in total. The average molecular weight is 390 g/mol. The molecule has 3 aromatic rings. The third-order valence-corrected chi connectivity index (χ3v) is 4.57. The van der Waals surface area contributed by atoms with Gasteiger partial charge in [-0.15, -0.1) is 0 Å². The van der Waals surface area contributed by atoms with Crippen LogP contribution in [0.5, 0.6) is 11.8 Å². The molecule has 0 amide bonds. The molecule has 0 aliphatic rings. The minimum atomic E-state index is -0.651. The van der Waals surface area contributed by atoms with Gasteiger partial charge in [0.25, 0.3) is 0 Å². The lowest BCUT2D eigenvalue weighted by atomic mass is 9.99. The second kappa shape index (κ2) is 6.57. The summed E-state index contributed by atoms with van der Waals surface area (Å²) in [5.74, 6) is -1.24. The third-order valence-electron chi connectivity index (χ3n) is 4.04. The Morgan fingerprint density at radius 1 is 1.08 bits per heavy atom. The number of ether oxygens (including phenoxy) is 1. The number of carbonyl (C=O) groups is 1. The maximum Gasteiger partial charge on any atom is 0.314 e. The first-order valence-corrected chi connectivity index (χ1v) is 8.14. The summed E-state index contributed by atoms with van der Waals surface area (Å²) in [4.78, 5) is 12.2. The van der Waals surface area contributed by atoms with Gasteiger partial charge in [0.15, 0.2) is 0 Å². The number of aromatic hydroxyl groups is 2. The van der Waals surface area contributed by atoms with Crippen molar-refractivity contribution in [2.45, 2.75) is 12.5 Å². The zero-order chi connectivity index (χ0) is 17.3. The van der Waals surface area contributed by atoms with Gasteiger partial charge in [-0.25, -0.2) is 0 Å². The molecule has 124 valence electrons. The first-order chi connectivity index (χ1) is 11.5. The summed E-state index contributed by atoms with van der Waals surface area (Å²) in [7, 11) is 1.32. The van der Waals surface area contributed by atoms with E-state index < -0.39 is 11.9 Å². The second-order valence-electron chi connectivity index (χ2n) is 5.43. The van der Waals surface area contributed by atoms with E-state index in [1.54, 1.807) is 24.3 Å². The molecule has 1 atom stereocenters. The lowest BCUT2D eigenvalue weighted by Gasteiger charge is -2.17. The predicted octanol–water partition coefficient (Wildman–Crippen LogP) is 3.77. The van der Waals surface area contributed by atoms with E-state index >= 15 is 0 Å². The van der Waals surface area contributed by atoms with Gasteiger partial charge in [-0.3, -0.25) is 9.36 Å². The van der Waals surface area contributed by atoms with Gasteiger partial charge < -0.3 is 14.9 Å². The fraction of sp³-hybridized carbons (Fsp3) is 0.167. The van der Waals surface area contributed by atoms with E-state index in [1.807, 2.05) is 24.3 Å². The van der Waals surface area contributed by atoms with Gasteiger partial charge in [0.1, 0.15) is 0 Å². The highest BCUT2D eigenvalue weighted by Gasteiger charge is 2.26. The summed E-state index contributed by atoms with van der Waals surface area (Å²) in [5.41, 5.74) is 0.738. The number of aromatic nitrogens is 1. The summed E-state index contributed by atoms with van der Waals surface area (Å²) < 4.78 is 7.12. The van der Waals surface area contributed by atoms with Crippen LogP contribution in [-0.2, 0) is 16.1 Å². The van der Waals surface area contributed by atoms with E-state index in [2.05, 4.69) is 15.9 Å². The Balaban J connectivity index is 2.05. The van der Waals surface area contributed by atoms with E-state index in [0.717, 1.165) is 10.0 Å². The number of methoxy groups -OCH3 is 1. The van der Waals surface area contributed by atoms with Crippen molar-refractivity contribution in [2.75, 3.05) is 7.11 Å². The van der Waals surface area contributed by atoms with Crippen LogP contribution in [0.15, 0.2) is 53.0 Å². The van der Waals surface area contributed by atoms with Crippen LogP contribution in [0.2, 0.25) is 0 Å². The number of nitrogens with zero attached hydrogens (tertiary/aromatic N) is 1. The zero-order valence-electron chi connectivity index (χ0n) is 12.9. The zero-order valence-corrected chi connectivity index (χ0v) is 14.5. The van der Waals surface area contributed by atoms with Gasteiger partial charge in [0.05, 0.1) is 13.0 Å². The number of halogens is 1. The molecule has 0 aliphatic carbocycles. The molecule has 3 rings (SSSR count). The smallest absolute Gasteiger partial charge is 0.314 e. The standard InChI is InChI=1S/C18H16BrNO4/c1-24-18(23)15(11-6-8-12(19)9-7-11)10-20-16(21)13-4-2-3-5-14(13)17(20)22/h2-9,15,21-22H,10H2,1H3. The molecule has 0 spiro atoms. The summed E-state index contributed by atoms with van der Waals surface area (Å²) in [5, 5.41) is 21.9. The molecule has 0 fully saturated rings. The summed E-state index contributed by atoms with van der Waals surface area (Å²) in [6.45, 7) is 0.0701. The number of benzene rings is 2. The van der Waals surface area contributed by atoms with Crippen LogP contribution in [0.25, 0.3) is 10.8 Å². The Morgan fingerprint density at radius 2 is 1.62 bits per heavy atom. The molecule has 0 radical (unpaired) electrons. The summed E-state index contributed by atoms with van der Waals surface area (Å²) >= 11 is 3.36. The molecule has 0 saturated heterocycles.